The molecule has 10 N–H and O–H groups in total. The Hall–Kier alpha value is -6.87. The molecule has 4 amide bonds. The number of aliphatic hydroxyl groups is 2. The number of amides is 4. The minimum Gasteiger partial charge on any atom is -0.496 e. The summed E-state index contributed by atoms with van der Waals surface area (Å²) in [7, 11) is 1.41. The number of unbranched alkanes of at least 4 members (excludes halogenated alkanes) is 1. The molecule has 3 aliphatic rings. The lowest BCUT2D eigenvalue weighted by molar-refractivity contribution is -0.249. The van der Waals surface area contributed by atoms with Gasteiger partial charge in [0.1, 0.15) is 36.1 Å². The molecule has 1 fully saturated rings. The molecule has 0 bridgehead atoms. The molecule has 1 aliphatic heterocycles. The Labute approximate surface area is 416 Å². The molecule has 7 rings (SSSR count). The van der Waals surface area contributed by atoms with E-state index in [1.54, 1.807) is 62.4 Å². The van der Waals surface area contributed by atoms with Gasteiger partial charge in [-0.25, -0.2) is 4.79 Å². The number of aliphatic hydroxyl groups excluding tert-OH is 1. The van der Waals surface area contributed by atoms with Gasteiger partial charge in [-0.1, -0.05) is 61.5 Å². The van der Waals surface area contributed by atoms with Crippen LogP contribution in [0.4, 0.5) is 10.5 Å². The highest BCUT2D eigenvalue weighted by atomic mass is 16.7. The number of Topliss-reactive ketones (excluding diaryl/α,β-unsaturated/α-hetero) is 1. The molecule has 72 heavy (non-hydrogen) atoms. The molecule has 8 atom stereocenters. The quantitative estimate of drug-likeness (QED) is 0.0520. The number of benzene rings is 4. The molecule has 2 unspecified atom stereocenters. The van der Waals surface area contributed by atoms with E-state index in [1.165, 1.54) is 13.2 Å². The molecular weight excluding hydrogens is 929 g/mol. The molecule has 4 aromatic rings. The average molecular weight is 991 g/mol. The topological polar surface area (TPSA) is 297 Å². The van der Waals surface area contributed by atoms with Gasteiger partial charge in [0.2, 0.25) is 17.7 Å². The summed E-state index contributed by atoms with van der Waals surface area (Å²) in [5.41, 5.74) is 12.6. The predicted molar refractivity (Wildman–Crippen MR) is 262 cm³/mol. The summed E-state index contributed by atoms with van der Waals surface area (Å²) in [5, 5.41) is 33.9. The summed E-state index contributed by atoms with van der Waals surface area (Å²) in [5.74, 6) is -2.59. The number of ether oxygens (including phenoxy) is 4. The van der Waals surface area contributed by atoms with Gasteiger partial charge >= 0.3 is 6.09 Å². The van der Waals surface area contributed by atoms with Crippen LogP contribution < -0.4 is 37.5 Å². The number of nitrogens with two attached hydrogens (primary N) is 2. The maximum atomic E-state index is 14.0. The second kappa shape index (κ2) is 23.6. The molecule has 2 aliphatic carbocycles. The Morgan fingerprint density at radius 3 is 2.29 bits per heavy atom. The molecule has 1 heterocycles. The van der Waals surface area contributed by atoms with Gasteiger partial charge in [-0.05, 0) is 85.3 Å². The van der Waals surface area contributed by atoms with E-state index in [2.05, 4.69) is 21.3 Å². The number of anilines is 1. The van der Waals surface area contributed by atoms with Crippen LogP contribution in [-0.4, -0.2) is 114 Å². The number of carbonyl (C=O) groups is 7. The first-order valence-corrected chi connectivity index (χ1v) is 24.1. The first kappa shape index (κ1) is 52.9. The summed E-state index contributed by atoms with van der Waals surface area (Å²) in [6, 6.07) is 20.6. The fourth-order valence-corrected chi connectivity index (χ4v) is 9.43. The standard InChI is InChI=1S/C53H62N6O13/c1-4-43(60)53(68)25-32-22-36-37(49(64)46-34(48(36)63)13-10-15-41(46)69-3)23-35(32)42(26-53)72-45-24-39(47(62)29(2)71-45)59-52(67)70-28-31-16-18-33(19-17-31)56-50(65)38(14-8-9-20-54)58-51(66)40(57-44(61)27-55)21-30-11-6-5-7-12-30/h5-7,10-13,15-19,22-23,29,38-40,42,45,47,62,68H,4,8-9,14,20-21,24-28,54-55H2,1-3H3,(H,56,65)(H,57,61)(H,58,66)(H,59,67)/t29-,38?,39-,40?,42-,45-,47+,53-/m0/s1. The lowest BCUT2D eigenvalue weighted by Gasteiger charge is -2.42. The molecule has 0 spiro atoms. The van der Waals surface area contributed by atoms with E-state index < -0.39 is 89.5 Å². The summed E-state index contributed by atoms with van der Waals surface area (Å²) in [6.07, 6.45) is -3.72. The van der Waals surface area contributed by atoms with E-state index in [4.69, 9.17) is 30.4 Å². The summed E-state index contributed by atoms with van der Waals surface area (Å²) < 4.78 is 23.5. The van der Waals surface area contributed by atoms with Crippen LogP contribution in [-0.2, 0) is 52.8 Å². The number of methoxy groups -OCH3 is 1. The largest absolute Gasteiger partial charge is 0.496 e. The Morgan fingerprint density at radius 2 is 1.60 bits per heavy atom. The van der Waals surface area contributed by atoms with Gasteiger partial charge in [0.05, 0.1) is 37.5 Å². The Bertz CT molecular complexity index is 2660. The number of nitrogens with one attached hydrogen (secondary N) is 4. The van der Waals surface area contributed by atoms with E-state index in [1.807, 2.05) is 30.3 Å². The molecular formula is C53H62N6O13. The second-order valence-electron chi connectivity index (χ2n) is 18.3. The van der Waals surface area contributed by atoms with Gasteiger partial charge < -0.3 is 61.9 Å². The van der Waals surface area contributed by atoms with Crippen molar-refractivity contribution in [3.63, 3.8) is 0 Å². The summed E-state index contributed by atoms with van der Waals surface area (Å²) in [4.78, 5) is 93.6. The minimum absolute atomic E-state index is 0.0280. The zero-order valence-electron chi connectivity index (χ0n) is 40.4. The van der Waals surface area contributed by atoms with Crippen molar-refractivity contribution in [1.82, 2.24) is 16.0 Å². The van der Waals surface area contributed by atoms with Gasteiger partial charge in [0, 0.05) is 54.5 Å². The molecule has 0 saturated carbocycles. The summed E-state index contributed by atoms with van der Waals surface area (Å²) >= 11 is 0. The van der Waals surface area contributed by atoms with Gasteiger partial charge in [0.15, 0.2) is 23.6 Å². The SMILES string of the molecule is CCC(=O)[C@]1(O)Cc2cc3c(cc2[C@@H](O[C@H]2C[C@H](NC(=O)OCc4ccc(NC(=O)C(CCCCN)NC(=O)C(Cc5ccccc5)NC(=O)CN)cc4)[C@H](O)[C@H](C)O2)C1)C(=O)c1c(OC)cccc1C3=O. The summed E-state index contributed by atoms with van der Waals surface area (Å²) in [6.45, 7) is 3.12. The molecule has 4 aromatic carbocycles. The fourth-order valence-electron chi connectivity index (χ4n) is 9.43. The maximum absolute atomic E-state index is 14.0. The van der Waals surface area contributed by atoms with Crippen LogP contribution in [0.25, 0.3) is 0 Å². The Morgan fingerprint density at radius 1 is 0.861 bits per heavy atom. The number of carbonyl (C=O) groups excluding carboxylic acids is 7. The van der Waals surface area contributed by atoms with E-state index in [-0.39, 0.29) is 79.7 Å². The van der Waals surface area contributed by atoms with Crippen LogP contribution in [0.5, 0.6) is 5.75 Å². The number of hydrogen-bond acceptors (Lipinski definition) is 15. The lowest BCUT2D eigenvalue weighted by atomic mass is 9.72. The normalized spacial score (nSPS) is 22.0. The molecule has 19 nitrogen and oxygen atoms in total. The van der Waals surface area contributed by atoms with Crippen molar-refractivity contribution in [3.8, 4) is 5.75 Å². The number of ketones is 3. The fraction of sp³-hybridized carbons (Fsp3) is 0.415. The number of fused-ring (bicyclic) bond motifs is 3. The minimum atomic E-state index is -1.86. The third-order valence-electron chi connectivity index (χ3n) is 13.3. The van der Waals surface area contributed by atoms with Crippen LogP contribution in [0.15, 0.2) is 84.9 Å². The third kappa shape index (κ3) is 12.2. The maximum Gasteiger partial charge on any atom is 0.407 e. The van der Waals surface area contributed by atoms with Crippen LogP contribution >= 0.6 is 0 Å². The van der Waals surface area contributed by atoms with Crippen LogP contribution in [0, 0.1) is 0 Å². The van der Waals surface area contributed by atoms with Crippen LogP contribution in [0.3, 0.4) is 0 Å². The van der Waals surface area contributed by atoms with Gasteiger partial charge in [-0.15, -0.1) is 0 Å². The van der Waals surface area contributed by atoms with E-state index in [0.717, 1.165) is 5.56 Å². The van der Waals surface area contributed by atoms with E-state index >= 15 is 0 Å². The van der Waals surface area contributed by atoms with Crippen molar-refractivity contribution >= 4 is 46.9 Å². The zero-order chi connectivity index (χ0) is 51.7. The molecule has 382 valence electrons. The second-order valence-corrected chi connectivity index (χ2v) is 18.3. The first-order valence-electron chi connectivity index (χ1n) is 24.1. The molecule has 0 aromatic heterocycles. The molecule has 1 saturated heterocycles. The highest BCUT2D eigenvalue weighted by Gasteiger charge is 2.47. The van der Waals surface area contributed by atoms with Crippen LogP contribution in [0.1, 0.15) is 113 Å². The lowest BCUT2D eigenvalue weighted by Crippen LogP contribution is -2.55. The average Bonchev–Trinajstić information content (AvgIpc) is 3.37. The van der Waals surface area contributed by atoms with E-state index in [0.29, 0.717) is 41.8 Å². The monoisotopic (exact) mass is 990 g/mol. The number of rotatable bonds is 20. The Kier molecular flexibility index (Phi) is 17.3. The van der Waals surface area contributed by atoms with Crippen molar-refractivity contribution in [2.24, 2.45) is 11.5 Å². The number of hydrogen-bond donors (Lipinski definition) is 8. The van der Waals surface area contributed by atoms with Crippen molar-refractivity contribution in [1.29, 1.82) is 0 Å². The predicted octanol–water partition coefficient (Wildman–Crippen LogP) is 3.21. The van der Waals surface area contributed by atoms with E-state index in [9.17, 15) is 43.8 Å². The van der Waals surface area contributed by atoms with Crippen molar-refractivity contribution in [2.75, 3.05) is 25.5 Å². The van der Waals surface area contributed by atoms with Crippen LogP contribution in [0.2, 0.25) is 0 Å². The van der Waals surface area contributed by atoms with Gasteiger partial charge in [-0.2, -0.15) is 0 Å². The Balaban J connectivity index is 0.979. The smallest absolute Gasteiger partial charge is 0.407 e. The highest BCUT2D eigenvalue weighted by molar-refractivity contribution is 6.29. The zero-order valence-corrected chi connectivity index (χ0v) is 40.4. The van der Waals surface area contributed by atoms with Crippen molar-refractivity contribution in [3.05, 3.63) is 129 Å². The first-order chi connectivity index (χ1) is 34.6. The van der Waals surface area contributed by atoms with Gasteiger partial charge in [0.25, 0.3) is 0 Å². The number of alkyl carbamates (subject to hydrolysis) is 1. The third-order valence-corrected chi connectivity index (χ3v) is 13.3. The van der Waals surface area contributed by atoms with Crippen molar-refractivity contribution in [2.45, 2.75) is 120 Å². The van der Waals surface area contributed by atoms with Crippen molar-refractivity contribution < 1.29 is 62.7 Å². The molecule has 0 radical (unpaired) electrons. The molecule has 19 heteroatoms. The highest BCUT2D eigenvalue weighted by Crippen LogP contribution is 2.44. The van der Waals surface area contributed by atoms with Gasteiger partial charge in [-0.3, -0.25) is 28.8 Å².